The van der Waals surface area contributed by atoms with E-state index < -0.39 is 107 Å². The van der Waals surface area contributed by atoms with E-state index in [0.29, 0.717) is 27.5 Å². The maximum Gasteiger partial charge on any atom is 0.146 e. The van der Waals surface area contributed by atoms with E-state index in [1.165, 1.54) is 0 Å². The van der Waals surface area contributed by atoms with Gasteiger partial charge >= 0.3 is 0 Å². The lowest BCUT2D eigenvalue weighted by molar-refractivity contribution is 0.619. The highest BCUT2D eigenvalue weighted by molar-refractivity contribution is 6.24. The quantitative estimate of drug-likeness (QED) is 0.188. The van der Waals surface area contributed by atoms with Crippen molar-refractivity contribution in [3.05, 3.63) is 158 Å². The third kappa shape index (κ3) is 3.65. The Hall–Kier alpha value is -6.12. The van der Waals surface area contributed by atoms with E-state index >= 15 is 0 Å². The Kier molecular flexibility index (Phi) is 3.11. The minimum Gasteiger partial charge on any atom is -0.463 e. The van der Waals surface area contributed by atoms with Crippen LogP contribution in [0.2, 0.25) is 0 Å². The minimum atomic E-state index is -0.749. The summed E-state index contributed by atoms with van der Waals surface area (Å²) in [5.74, 6) is 0. The fourth-order valence-electron chi connectivity index (χ4n) is 6.42. The van der Waals surface area contributed by atoms with Crippen molar-refractivity contribution in [1.29, 1.82) is 0 Å². The van der Waals surface area contributed by atoms with Gasteiger partial charge in [0.1, 0.15) is 16.7 Å². The SMILES string of the molecule is [2H]c1c([2H])c([2H])c2c([2H])c(-c3c4c([2H])c([2H])c([2H])c([2H])c4c(-c4ccc5oc6ccc7c(-c8ccccc8)coc7c6c5c4)c4c([2H])c([2H])c([2H])c([2H])c34)c([2H])c([2H])c2c1[2H]. The van der Waals surface area contributed by atoms with Gasteiger partial charge in [-0.15, -0.1) is 0 Å². The molecule has 214 valence electrons. The summed E-state index contributed by atoms with van der Waals surface area (Å²) in [7, 11) is 0. The van der Waals surface area contributed by atoms with E-state index in [1.807, 2.05) is 42.5 Å². The molecule has 0 atom stereocenters. The molecule has 46 heavy (non-hydrogen) atoms. The number of hydrogen-bond acceptors (Lipinski definition) is 2. The smallest absolute Gasteiger partial charge is 0.146 e. The number of benzene rings is 8. The number of fused-ring (bicyclic) bond motifs is 8. The highest BCUT2D eigenvalue weighted by atomic mass is 16.3. The molecule has 0 aliphatic heterocycles. The fourth-order valence-corrected chi connectivity index (χ4v) is 6.42. The van der Waals surface area contributed by atoms with Gasteiger partial charge < -0.3 is 8.83 Å². The van der Waals surface area contributed by atoms with E-state index in [9.17, 15) is 8.22 Å². The Morgan fingerprint density at radius 2 is 1.13 bits per heavy atom. The first-order valence-corrected chi connectivity index (χ1v) is 14.4. The standard InChI is InChI=1S/C44H26O2/c1-2-11-28(12-3-1)38-26-45-44-36(38)21-23-40-43(44)37-25-31(20-22-39(37)46-40)42-34-16-8-6-14-32(34)41(33-15-7-9-17-35(33)42)30-19-18-27-10-4-5-13-29(27)24-30/h1-26H/i4D,5D,6D,7D,8D,9D,10D,13D,14D,15D,16D,17D,18D,19D,24D. The molecule has 0 N–H and O–H groups in total. The first-order chi connectivity index (χ1) is 29.1. The summed E-state index contributed by atoms with van der Waals surface area (Å²) < 4.78 is 147. The lowest BCUT2D eigenvalue weighted by Gasteiger charge is -2.18. The maximum atomic E-state index is 9.44. The average Bonchev–Trinajstić information content (AvgIpc) is 3.87. The molecule has 10 rings (SSSR count). The van der Waals surface area contributed by atoms with E-state index in [2.05, 4.69) is 0 Å². The third-order valence-electron chi connectivity index (χ3n) is 8.42. The molecule has 0 spiro atoms. The maximum absolute atomic E-state index is 9.44. The molecular weight excluding hydrogens is 560 g/mol. The molecule has 0 amide bonds. The lowest BCUT2D eigenvalue weighted by atomic mass is 9.85. The van der Waals surface area contributed by atoms with Gasteiger partial charge in [0, 0.05) is 16.3 Å². The zero-order valence-corrected chi connectivity index (χ0v) is 23.7. The van der Waals surface area contributed by atoms with Crippen LogP contribution in [0, 0.1) is 0 Å². The van der Waals surface area contributed by atoms with Gasteiger partial charge in [0.25, 0.3) is 0 Å². The molecular formula is C44H26O2. The Bertz CT molecular complexity index is 3570. The lowest BCUT2D eigenvalue weighted by Crippen LogP contribution is -1.91. The van der Waals surface area contributed by atoms with Crippen LogP contribution in [-0.2, 0) is 0 Å². The fraction of sp³-hybridized carbons (Fsp3) is 0. The highest BCUT2D eigenvalue weighted by Crippen LogP contribution is 2.46. The van der Waals surface area contributed by atoms with Crippen molar-refractivity contribution in [3.63, 3.8) is 0 Å². The zero-order chi connectivity index (χ0) is 43.2. The van der Waals surface area contributed by atoms with Crippen molar-refractivity contribution in [2.45, 2.75) is 0 Å². The van der Waals surface area contributed by atoms with E-state index in [4.69, 9.17) is 21.2 Å². The molecule has 0 saturated heterocycles. The van der Waals surface area contributed by atoms with Gasteiger partial charge in [-0.25, -0.2) is 0 Å². The number of rotatable bonds is 3. The molecule has 0 unspecified atom stereocenters. The summed E-state index contributed by atoms with van der Waals surface area (Å²) in [6.07, 6.45) is 1.65. The van der Waals surface area contributed by atoms with E-state index in [-0.39, 0.29) is 38.2 Å². The minimum absolute atomic E-state index is 0.00698. The normalized spacial score (nSPS) is 16.5. The highest BCUT2D eigenvalue weighted by Gasteiger charge is 2.20. The van der Waals surface area contributed by atoms with Crippen molar-refractivity contribution >= 4 is 65.2 Å². The van der Waals surface area contributed by atoms with Gasteiger partial charge in [-0.1, -0.05) is 121 Å². The summed E-state index contributed by atoms with van der Waals surface area (Å²) in [5, 5.41) is 0.00157. The van der Waals surface area contributed by atoms with Gasteiger partial charge in [0.05, 0.1) is 32.2 Å². The van der Waals surface area contributed by atoms with Crippen LogP contribution in [0.1, 0.15) is 20.6 Å². The van der Waals surface area contributed by atoms with Crippen molar-refractivity contribution in [2.75, 3.05) is 0 Å². The molecule has 8 aromatic carbocycles. The Morgan fingerprint density at radius 1 is 0.478 bits per heavy atom. The monoisotopic (exact) mass is 601 g/mol. The molecule has 2 heteroatoms. The summed E-state index contributed by atoms with van der Waals surface area (Å²) in [6, 6.07) is 8.11. The van der Waals surface area contributed by atoms with Crippen LogP contribution in [0.25, 0.3) is 98.6 Å². The van der Waals surface area contributed by atoms with Crippen LogP contribution in [0.5, 0.6) is 0 Å². The van der Waals surface area contributed by atoms with Crippen LogP contribution in [0.15, 0.2) is 166 Å². The zero-order valence-electron chi connectivity index (χ0n) is 38.7. The van der Waals surface area contributed by atoms with Gasteiger partial charge in [0.2, 0.25) is 0 Å². The van der Waals surface area contributed by atoms with Crippen LogP contribution >= 0.6 is 0 Å². The van der Waals surface area contributed by atoms with Gasteiger partial charge in [-0.05, 0) is 90.4 Å². The molecule has 0 aliphatic rings. The van der Waals surface area contributed by atoms with Crippen LogP contribution < -0.4 is 0 Å². The Labute approximate surface area is 285 Å². The second kappa shape index (κ2) is 9.69. The van der Waals surface area contributed by atoms with Gasteiger partial charge in [-0.3, -0.25) is 0 Å². The molecule has 0 radical (unpaired) electrons. The predicted octanol–water partition coefficient (Wildman–Crippen LogP) is 12.8. The average molecular weight is 602 g/mol. The first-order valence-electron chi connectivity index (χ1n) is 21.9. The molecule has 0 saturated carbocycles. The van der Waals surface area contributed by atoms with E-state index in [0.717, 1.165) is 16.5 Å². The van der Waals surface area contributed by atoms with Crippen LogP contribution in [-0.4, -0.2) is 0 Å². The number of hydrogen-bond donors (Lipinski definition) is 0. The second-order valence-corrected chi connectivity index (χ2v) is 10.9. The molecule has 0 bridgehead atoms. The summed E-state index contributed by atoms with van der Waals surface area (Å²) in [4.78, 5) is 0. The predicted molar refractivity (Wildman–Crippen MR) is 192 cm³/mol. The van der Waals surface area contributed by atoms with Crippen molar-refractivity contribution in [2.24, 2.45) is 0 Å². The Morgan fingerprint density at radius 3 is 1.87 bits per heavy atom. The third-order valence-corrected chi connectivity index (χ3v) is 8.42. The number of furan rings is 2. The van der Waals surface area contributed by atoms with Crippen molar-refractivity contribution in [1.82, 2.24) is 0 Å². The topological polar surface area (TPSA) is 26.3 Å². The second-order valence-electron chi connectivity index (χ2n) is 10.9. The van der Waals surface area contributed by atoms with Crippen LogP contribution in [0.4, 0.5) is 0 Å². The molecule has 0 aliphatic carbocycles. The summed E-state index contributed by atoms with van der Waals surface area (Å²) >= 11 is 0. The van der Waals surface area contributed by atoms with Gasteiger partial charge in [-0.2, -0.15) is 0 Å². The molecule has 2 aromatic heterocycles. The largest absolute Gasteiger partial charge is 0.463 e. The molecule has 2 heterocycles. The van der Waals surface area contributed by atoms with Crippen molar-refractivity contribution in [3.8, 4) is 33.4 Å². The molecule has 0 fully saturated rings. The van der Waals surface area contributed by atoms with E-state index in [1.54, 1.807) is 24.5 Å². The molecule has 10 aromatic rings. The molecule has 2 nitrogen and oxygen atoms in total. The first kappa shape index (κ1) is 14.8. The van der Waals surface area contributed by atoms with Crippen LogP contribution in [0.3, 0.4) is 0 Å². The van der Waals surface area contributed by atoms with Gasteiger partial charge in [0.15, 0.2) is 0 Å². The van der Waals surface area contributed by atoms with Crippen molar-refractivity contribution < 1.29 is 29.4 Å². The summed E-state index contributed by atoms with van der Waals surface area (Å²) in [5.41, 5.74) is 2.55. The summed E-state index contributed by atoms with van der Waals surface area (Å²) in [6.45, 7) is 0. The Balaban J connectivity index is 1.42.